The standard InChI is InChI=1S/C19H13F3N2O2S/c1-9-10(2)27-18-15(9)17(25)23-16(24-18)14-7-6-13(26-14)11-4-3-5-12(8-11)19(20,21)22/h3-8H,1-2H3,(H,23,24,25). The van der Waals surface area contributed by atoms with Crippen molar-refractivity contribution in [2.24, 2.45) is 0 Å². The largest absolute Gasteiger partial charge is 0.453 e. The number of hydrogen-bond acceptors (Lipinski definition) is 4. The number of furan rings is 1. The topological polar surface area (TPSA) is 58.9 Å². The monoisotopic (exact) mass is 390 g/mol. The highest BCUT2D eigenvalue weighted by Crippen LogP contribution is 2.34. The Hall–Kier alpha value is -2.87. The Morgan fingerprint density at radius 3 is 2.59 bits per heavy atom. The van der Waals surface area contributed by atoms with Crippen LogP contribution in [-0.2, 0) is 6.18 Å². The van der Waals surface area contributed by atoms with Crippen LogP contribution in [0.25, 0.3) is 33.1 Å². The van der Waals surface area contributed by atoms with Crippen molar-refractivity contribution in [3.05, 3.63) is 62.8 Å². The first-order chi connectivity index (χ1) is 12.7. The van der Waals surface area contributed by atoms with Gasteiger partial charge in [0.15, 0.2) is 11.6 Å². The maximum absolute atomic E-state index is 12.9. The summed E-state index contributed by atoms with van der Waals surface area (Å²) in [6.07, 6.45) is -4.43. The zero-order chi connectivity index (χ0) is 19.3. The van der Waals surface area contributed by atoms with Gasteiger partial charge in [0, 0.05) is 10.4 Å². The number of aryl methyl sites for hydroxylation is 2. The van der Waals surface area contributed by atoms with E-state index in [2.05, 4.69) is 9.97 Å². The predicted molar refractivity (Wildman–Crippen MR) is 97.9 cm³/mol. The van der Waals surface area contributed by atoms with Gasteiger partial charge in [-0.3, -0.25) is 4.79 Å². The van der Waals surface area contributed by atoms with Crippen LogP contribution in [-0.4, -0.2) is 9.97 Å². The number of nitrogens with one attached hydrogen (secondary N) is 1. The van der Waals surface area contributed by atoms with Crippen molar-refractivity contribution < 1.29 is 17.6 Å². The summed E-state index contributed by atoms with van der Waals surface area (Å²) in [5.41, 5.74) is 0.158. The van der Waals surface area contributed by atoms with E-state index in [-0.39, 0.29) is 22.9 Å². The second-order valence-electron chi connectivity index (χ2n) is 6.12. The molecule has 0 bridgehead atoms. The van der Waals surface area contributed by atoms with E-state index < -0.39 is 11.7 Å². The minimum atomic E-state index is -4.43. The molecule has 8 heteroatoms. The molecule has 0 amide bonds. The second kappa shape index (κ2) is 6.09. The maximum atomic E-state index is 12.9. The number of thiophene rings is 1. The number of H-pyrrole nitrogens is 1. The fourth-order valence-corrected chi connectivity index (χ4v) is 3.87. The minimum Gasteiger partial charge on any atom is -0.453 e. The second-order valence-corrected chi connectivity index (χ2v) is 7.32. The number of nitrogens with zero attached hydrogens (tertiary/aromatic N) is 1. The lowest BCUT2D eigenvalue weighted by Crippen LogP contribution is -2.08. The van der Waals surface area contributed by atoms with Gasteiger partial charge >= 0.3 is 6.18 Å². The van der Waals surface area contributed by atoms with Crippen LogP contribution in [0.5, 0.6) is 0 Å². The highest BCUT2D eigenvalue weighted by molar-refractivity contribution is 7.18. The summed E-state index contributed by atoms with van der Waals surface area (Å²) < 4.78 is 44.4. The number of hydrogen-bond donors (Lipinski definition) is 1. The number of halogens is 3. The fourth-order valence-electron chi connectivity index (χ4n) is 2.84. The Bertz CT molecular complexity index is 1220. The highest BCUT2D eigenvalue weighted by atomic mass is 32.1. The van der Waals surface area contributed by atoms with Gasteiger partial charge in [0.25, 0.3) is 5.56 Å². The Morgan fingerprint density at radius 2 is 1.85 bits per heavy atom. The molecule has 0 fully saturated rings. The van der Waals surface area contributed by atoms with E-state index in [1.54, 1.807) is 12.1 Å². The van der Waals surface area contributed by atoms with Gasteiger partial charge in [0.05, 0.1) is 10.9 Å². The highest BCUT2D eigenvalue weighted by Gasteiger charge is 2.30. The van der Waals surface area contributed by atoms with Crippen molar-refractivity contribution in [2.75, 3.05) is 0 Å². The molecular formula is C19H13F3N2O2S. The van der Waals surface area contributed by atoms with Gasteiger partial charge in [-0.25, -0.2) is 4.98 Å². The third-order valence-corrected chi connectivity index (χ3v) is 5.45. The van der Waals surface area contributed by atoms with Crippen LogP contribution in [0.2, 0.25) is 0 Å². The Kier molecular flexibility index (Phi) is 3.96. The van der Waals surface area contributed by atoms with Crippen molar-refractivity contribution in [3.8, 4) is 22.9 Å². The quantitative estimate of drug-likeness (QED) is 0.488. The van der Waals surface area contributed by atoms with E-state index in [1.165, 1.54) is 23.5 Å². The molecule has 4 aromatic rings. The van der Waals surface area contributed by atoms with E-state index in [0.717, 1.165) is 22.6 Å². The first kappa shape index (κ1) is 17.5. The van der Waals surface area contributed by atoms with Gasteiger partial charge in [-0.05, 0) is 43.7 Å². The number of fused-ring (bicyclic) bond motifs is 1. The number of aromatic nitrogens is 2. The Labute approximate surface area is 155 Å². The van der Waals surface area contributed by atoms with Crippen molar-refractivity contribution >= 4 is 21.6 Å². The predicted octanol–water partition coefficient (Wildman–Crippen LogP) is 5.55. The molecule has 27 heavy (non-hydrogen) atoms. The first-order valence-corrected chi connectivity index (χ1v) is 8.83. The third kappa shape index (κ3) is 3.06. The fraction of sp³-hybridized carbons (Fsp3) is 0.158. The normalized spacial score (nSPS) is 12.0. The van der Waals surface area contributed by atoms with Crippen molar-refractivity contribution in [1.82, 2.24) is 9.97 Å². The van der Waals surface area contributed by atoms with Gasteiger partial charge in [0.1, 0.15) is 10.6 Å². The van der Waals surface area contributed by atoms with Crippen LogP contribution in [0.1, 0.15) is 16.0 Å². The number of rotatable bonds is 2. The lowest BCUT2D eigenvalue weighted by atomic mass is 10.1. The van der Waals surface area contributed by atoms with Gasteiger partial charge in [0.2, 0.25) is 0 Å². The summed E-state index contributed by atoms with van der Waals surface area (Å²) in [4.78, 5) is 21.1. The van der Waals surface area contributed by atoms with Crippen LogP contribution >= 0.6 is 11.3 Å². The summed E-state index contributed by atoms with van der Waals surface area (Å²) in [6, 6.07) is 8.01. The number of aromatic amines is 1. The van der Waals surface area contributed by atoms with Crippen LogP contribution in [0.15, 0.2) is 45.6 Å². The third-order valence-electron chi connectivity index (χ3n) is 4.35. The molecule has 1 aromatic carbocycles. The molecule has 0 spiro atoms. The Balaban J connectivity index is 1.77. The maximum Gasteiger partial charge on any atom is 0.416 e. The van der Waals surface area contributed by atoms with E-state index >= 15 is 0 Å². The molecule has 4 nitrogen and oxygen atoms in total. The molecule has 0 unspecified atom stereocenters. The summed E-state index contributed by atoms with van der Waals surface area (Å²) >= 11 is 1.41. The van der Waals surface area contributed by atoms with Crippen LogP contribution < -0.4 is 5.56 Å². The molecule has 0 atom stereocenters. The molecule has 138 valence electrons. The molecule has 0 saturated heterocycles. The average Bonchev–Trinajstić information content (AvgIpc) is 3.20. The van der Waals surface area contributed by atoms with Crippen LogP contribution in [0.4, 0.5) is 13.2 Å². The summed E-state index contributed by atoms with van der Waals surface area (Å²) in [7, 11) is 0. The lowest BCUT2D eigenvalue weighted by Gasteiger charge is -2.07. The molecule has 0 saturated carbocycles. The molecule has 0 aliphatic heterocycles. The number of benzene rings is 1. The van der Waals surface area contributed by atoms with Gasteiger partial charge in [-0.1, -0.05) is 12.1 Å². The summed E-state index contributed by atoms with van der Waals surface area (Å²) in [5, 5.41) is 0.547. The van der Waals surface area contributed by atoms with Gasteiger partial charge < -0.3 is 9.40 Å². The molecule has 3 aromatic heterocycles. The molecule has 1 N–H and O–H groups in total. The number of alkyl halides is 3. The first-order valence-electron chi connectivity index (χ1n) is 8.02. The van der Waals surface area contributed by atoms with Crippen LogP contribution in [0, 0.1) is 13.8 Å². The van der Waals surface area contributed by atoms with Gasteiger partial charge in [-0.2, -0.15) is 13.2 Å². The van der Waals surface area contributed by atoms with E-state index in [9.17, 15) is 18.0 Å². The Morgan fingerprint density at radius 1 is 1.11 bits per heavy atom. The smallest absolute Gasteiger partial charge is 0.416 e. The molecule has 4 rings (SSSR count). The molecular weight excluding hydrogens is 377 g/mol. The molecule has 0 aliphatic rings. The van der Waals surface area contributed by atoms with Crippen molar-refractivity contribution in [3.63, 3.8) is 0 Å². The van der Waals surface area contributed by atoms with E-state index in [1.807, 2.05) is 13.8 Å². The molecule has 3 heterocycles. The SMILES string of the molecule is Cc1sc2nc(-c3ccc(-c4cccc(C(F)(F)F)c4)o3)[nH]c(=O)c2c1C. The lowest BCUT2D eigenvalue weighted by molar-refractivity contribution is -0.137. The zero-order valence-corrected chi connectivity index (χ0v) is 15.1. The van der Waals surface area contributed by atoms with E-state index in [4.69, 9.17) is 4.42 Å². The van der Waals surface area contributed by atoms with Gasteiger partial charge in [-0.15, -0.1) is 11.3 Å². The minimum absolute atomic E-state index is 0.243. The summed E-state index contributed by atoms with van der Waals surface area (Å²) in [5.74, 6) is 0.787. The van der Waals surface area contributed by atoms with Crippen molar-refractivity contribution in [2.45, 2.75) is 20.0 Å². The molecule has 0 aliphatic carbocycles. The average molecular weight is 390 g/mol. The molecule has 0 radical (unpaired) electrons. The van der Waals surface area contributed by atoms with E-state index in [0.29, 0.717) is 15.8 Å². The van der Waals surface area contributed by atoms with Crippen LogP contribution in [0.3, 0.4) is 0 Å². The zero-order valence-electron chi connectivity index (χ0n) is 14.3. The summed E-state index contributed by atoms with van der Waals surface area (Å²) in [6.45, 7) is 3.78. The van der Waals surface area contributed by atoms with Crippen molar-refractivity contribution in [1.29, 1.82) is 0 Å².